The molecule has 0 saturated heterocycles. The van der Waals surface area contributed by atoms with Gasteiger partial charge in [-0.25, -0.2) is 5.43 Å². The highest BCUT2D eigenvalue weighted by atomic mass is 79.9. The number of hydrazone groups is 1. The van der Waals surface area contributed by atoms with Crippen molar-refractivity contribution in [3.05, 3.63) is 34.3 Å². The van der Waals surface area contributed by atoms with Gasteiger partial charge in [0.15, 0.2) is 0 Å². The van der Waals surface area contributed by atoms with E-state index in [0.29, 0.717) is 5.56 Å². The van der Waals surface area contributed by atoms with Crippen molar-refractivity contribution < 1.29 is 4.79 Å². The quantitative estimate of drug-likeness (QED) is 0.459. The van der Waals surface area contributed by atoms with E-state index in [9.17, 15) is 4.79 Å². The number of nitrogens with one attached hydrogen (secondary N) is 1. The van der Waals surface area contributed by atoms with Gasteiger partial charge in [0.25, 0.3) is 5.91 Å². The molecule has 1 N–H and O–H groups in total. The summed E-state index contributed by atoms with van der Waals surface area (Å²) in [7, 11) is 0. The van der Waals surface area contributed by atoms with Gasteiger partial charge in [0.2, 0.25) is 0 Å². The molecule has 0 saturated carbocycles. The van der Waals surface area contributed by atoms with Gasteiger partial charge in [-0.05, 0) is 37.1 Å². The molecule has 1 aromatic carbocycles. The standard InChI is InChI=1S/C14H19BrN2O/c1-2-3-4-5-6-11-16-17-14(18)12-7-9-13(15)10-8-12/h7-11H,2-6H2,1H3,(H,17,18)/b16-11+. The van der Waals surface area contributed by atoms with Crippen molar-refractivity contribution in [1.29, 1.82) is 0 Å². The Labute approximate surface area is 117 Å². The predicted molar refractivity (Wildman–Crippen MR) is 78.9 cm³/mol. The minimum absolute atomic E-state index is 0.174. The minimum atomic E-state index is -0.174. The molecule has 0 radical (unpaired) electrons. The van der Waals surface area contributed by atoms with Crippen LogP contribution in [-0.4, -0.2) is 12.1 Å². The molecule has 0 unspecified atom stereocenters. The van der Waals surface area contributed by atoms with E-state index in [4.69, 9.17) is 0 Å². The molecule has 3 nitrogen and oxygen atoms in total. The number of carbonyl (C=O) groups is 1. The molecular formula is C14H19BrN2O. The number of amides is 1. The third kappa shape index (κ3) is 5.96. The van der Waals surface area contributed by atoms with Crippen LogP contribution in [-0.2, 0) is 0 Å². The molecule has 0 aliphatic rings. The van der Waals surface area contributed by atoms with Gasteiger partial charge >= 0.3 is 0 Å². The van der Waals surface area contributed by atoms with Gasteiger partial charge in [0, 0.05) is 16.3 Å². The van der Waals surface area contributed by atoms with Crippen LogP contribution in [0.3, 0.4) is 0 Å². The van der Waals surface area contributed by atoms with Crippen LogP contribution < -0.4 is 5.43 Å². The van der Waals surface area contributed by atoms with Crippen molar-refractivity contribution in [2.45, 2.75) is 39.0 Å². The minimum Gasteiger partial charge on any atom is -0.267 e. The van der Waals surface area contributed by atoms with Gasteiger partial charge in [0.05, 0.1) is 0 Å². The highest BCUT2D eigenvalue weighted by Crippen LogP contribution is 2.10. The smallest absolute Gasteiger partial charge is 0.267 e. The fourth-order valence-electron chi connectivity index (χ4n) is 1.50. The van der Waals surface area contributed by atoms with E-state index in [1.807, 2.05) is 12.1 Å². The largest absolute Gasteiger partial charge is 0.271 e. The van der Waals surface area contributed by atoms with Gasteiger partial charge in [-0.3, -0.25) is 4.79 Å². The molecule has 1 rings (SSSR count). The Morgan fingerprint density at radius 1 is 1.28 bits per heavy atom. The lowest BCUT2D eigenvalue weighted by molar-refractivity contribution is 0.0955. The molecule has 18 heavy (non-hydrogen) atoms. The van der Waals surface area contributed by atoms with E-state index in [0.717, 1.165) is 17.3 Å². The average molecular weight is 311 g/mol. The monoisotopic (exact) mass is 310 g/mol. The molecule has 0 bridgehead atoms. The molecule has 0 atom stereocenters. The fourth-order valence-corrected chi connectivity index (χ4v) is 1.76. The first-order valence-electron chi connectivity index (χ1n) is 6.31. The van der Waals surface area contributed by atoms with Crippen LogP contribution in [0.15, 0.2) is 33.8 Å². The van der Waals surface area contributed by atoms with Crippen molar-refractivity contribution in [1.82, 2.24) is 5.43 Å². The lowest BCUT2D eigenvalue weighted by Crippen LogP contribution is -2.17. The third-order valence-electron chi connectivity index (χ3n) is 2.55. The second-order valence-corrected chi connectivity index (χ2v) is 5.02. The molecule has 1 amide bonds. The summed E-state index contributed by atoms with van der Waals surface area (Å²) < 4.78 is 0.957. The number of hydrogen-bond donors (Lipinski definition) is 1. The zero-order chi connectivity index (χ0) is 13.2. The van der Waals surface area contributed by atoms with Gasteiger partial charge in [0.1, 0.15) is 0 Å². The Kier molecular flexibility index (Phi) is 7.34. The summed E-state index contributed by atoms with van der Waals surface area (Å²) in [5.41, 5.74) is 3.14. The van der Waals surface area contributed by atoms with Crippen LogP contribution in [0.5, 0.6) is 0 Å². The number of nitrogens with zero attached hydrogens (tertiary/aromatic N) is 1. The summed E-state index contributed by atoms with van der Waals surface area (Å²) in [5.74, 6) is -0.174. The van der Waals surface area contributed by atoms with Gasteiger partial charge < -0.3 is 0 Å². The van der Waals surface area contributed by atoms with Crippen LogP contribution >= 0.6 is 15.9 Å². The number of carbonyl (C=O) groups excluding carboxylic acids is 1. The van der Waals surface area contributed by atoms with Crippen molar-refractivity contribution in [2.24, 2.45) is 5.10 Å². The van der Waals surface area contributed by atoms with Crippen LogP contribution in [0.2, 0.25) is 0 Å². The normalized spacial score (nSPS) is 10.8. The van der Waals surface area contributed by atoms with Crippen LogP contribution in [0.4, 0.5) is 0 Å². The zero-order valence-electron chi connectivity index (χ0n) is 10.7. The maximum atomic E-state index is 11.7. The van der Waals surface area contributed by atoms with Gasteiger partial charge in [-0.1, -0.05) is 42.1 Å². The number of hydrogen-bond acceptors (Lipinski definition) is 2. The molecule has 4 heteroatoms. The summed E-state index contributed by atoms with van der Waals surface area (Å²) >= 11 is 3.33. The van der Waals surface area contributed by atoms with E-state index in [2.05, 4.69) is 33.4 Å². The van der Waals surface area contributed by atoms with Crippen LogP contribution in [0.25, 0.3) is 0 Å². The molecule has 0 aromatic heterocycles. The Balaban J connectivity index is 2.24. The first-order chi connectivity index (χ1) is 8.74. The molecule has 0 aliphatic heterocycles. The Morgan fingerprint density at radius 3 is 2.67 bits per heavy atom. The Bertz CT molecular complexity index is 387. The number of unbranched alkanes of at least 4 members (excludes halogenated alkanes) is 4. The summed E-state index contributed by atoms with van der Waals surface area (Å²) in [4.78, 5) is 11.7. The second-order valence-electron chi connectivity index (χ2n) is 4.11. The number of rotatable bonds is 7. The third-order valence-corrected chi connectivity index (χ3v) is 3.08. The topological polar surface area (TPSA) is 41.5 Å². The molecule has 1 aromatic rings. The van der Waals surface area contributed by atoms with Crippen LogP contribution in [0.1, 0.15) is 49.4 Å². The van der Waals surface area contributed by atoms with Crippen LogP contribution in [0, 0.1) is 0 Å². The number of halogens is 1. The summed E-state index contributed by atoms with van der Waals surface area (Å²) in [6.45, 7) is 2.19. The summed E-state index contributed by atoms with van der Waals surface area (Å²) in [5, 5.41) is 3.93. The first kappa shape index (κ1) is 14.9. The highest BCUT2D eigenvalue weighted by Gasteiger charge is 2.02. The summed E-state index contributed by atoms with van der Waals surface area (Å²) in [6.07, 6.45) is 7.54. The van der Waals surface area contributed by atoms with Crippen molar-refractivity contribution in [2.75, 3.05) is 0 Å². The van der Waals surface area contributed by atoms with E-state index in [1.165, 1.54) is 19.3 Å². The SMILES string of the molecule is CCCCCC/C=N/NC(=O)c1ccc(Br)cc1. The molecule has 98 valence electrons. The van der Waals surface area contributed by atoms with E-state index < -0.39 is 0 Å². The zero-order valence-corrected chi connectivity index (χ0v) is 12.2. The van der Waals surface area contributed by atoms with Gasteiger partial charge in [-0.15, -0.1) is 0 Å². The average Bonchev–Trinajstić information content (AvgIpc) is 2.38. The van der Waals surface area contributed by atoms with E-state index in [1.54, 1.807) is 18.3 Å². The Morgan fingerprint density at radius 2 is 2.00 bits per heavy atom. The van der Waals surface area contributed by atoms with Crippen molar-refractivity contribution in [3.63, 3.8) is 0 Å². The summed E-state index contributed by atoms with van der Waals surface area (Å²) in [6, 6.07) is 7.19. The lowest BCUT2D eigenvalue weighted by atomic mass is 10.2. The molecule has 0 aliphatic carbocycles. The molecule has 0 spiro atoms. The molecule has 0 heterocycles. The first-order valence-corrected chi connectivity index (χ1v) is 7.10. The van der Waals surface area contributed by atoms with E-state index >= 15 is 0 Å². The molecular weight excluding hydrogens is 292 g/mol. The predicted octanol–water partition coefficient (Wildman–Crippen LogP) is 4.14. The Hall–Kier alpha value is -1.16. The van der Waals surface area contributed by atoms with Gasteiger partial charge in [-0.2, -0.15) is 5.10 Å². The maximum absolute atomic E-state index is 11.7. The highest BCUT2D eigenvalue weighted by molar-refractivity contribution is 9.10. The van der Waals surface area contributed by atoms with E-state index in [-0.39, 0.29) is 5.91 Å². The maximum Gasteiger partial charge on any atom is 0.271 e. The van der Waals surface area contributed by atoms with Crippen molar-refractivity contribution in [3.8, 4) is 0 Å². The fraction of sp³-hybridized carbons (Fsp3) is 0.429. The second kappa shape index (κ2) is 8.86. The molecule has 0 fully saturated rings. The van der Waals surface area contributed by atoms with Crippen molar-refractivity contribution >= 4 is 28.1 Å². The lowest BCUT2D eigenvalue weighted by Gasteiger charge is -1.99. The number of benzene rings is 1.